The van der Waals surface area contributed by atoms with Crippen LogP contribution in [0.5, 0.6) is 5.75 Å². The number of benzene rings is 1. The Hall–Kier alpha value is -2.14. The van der Waals surface area contributed by atoms with Gasteiger partial charge in [-0.15, -0.1) is 24.0 Å². The number of piperazine rings is 1. The monoisotopic (exact) mass is 539 g/mol. The number of nitrogens with zero attached hydrogens (tertiary/aromatic N) is 6. The smallest absolute Gasteiger partial charge is 0.225 e. The third kappa shape index (κ3) is 7.49. The number of para-hydroxylation sites is 1. The molecule has 0 saturated carbocycles. The van der Waals surface area contributed by atoms with Crippen molar-refractivity contribution in [3.63, 3.8) is 0 Å². The molecule has 8 nitrogen and oxygen atoms in total. The van der Waals surface area contributed by atoms with E-state index in [0.29, 0.717) is 0 Å². The standard InChI is InChI=1S/C22H33N7O.HI/c1-4-23-21(27(2)18-19-8-5-6-9-20(19)30-3)26-12-13-28-14-16-29(17-15-28)22-24-10-7-11-25-22;/h5-11H,4,12-18H2,1-3H3,(H,23,26);1H. The third-order valence-electron chi connectivity index (χ3n) is 5.18. The molecule has 1 aliphatic heterocycles. The van der Waals surface area contributed by atoms with Crippen molar-refractivity contribution in [2.24, 2.45) is 4.99 Å². The highest BCUT2D eigenvalue weighted by Crippen LogP contribution is 2.18. The minimum Gasteiger partial charge on any atom is -0.496 e. The van der Waals surface area contributed by atoms with Crippen LogP contribution in [0.3, 0.4) is 0 Å². The Bertz CT molecular complexity index is 797. The molecule has 0 spiro atoms. The fourth-order valence-corrected chi connectivity index (χ4v) is 3.56. The number of methoxy groups -OCH3 is 1. The fraction of sp³-hybridized carbons (Fsp3) is 0.500. The van der Waals surface area contributed by atoms with Crippen LogP contribution in [0.25, 0.3) is 0 Å². The van der Waals surface area contributed by atoms with Crippen molar-refractivity contribution >= 4 is 35.9 Å². The summed E-state index contributed by atoms with van der Waals surface area (Å²) in [5.74, 6) is 2.64. The molecular weight excluding hydrogens is 505 g/mol. The molecule has 0 radical (unpaired) electrons. The number of hydrogen-bond acceptors (Lipinski definition) is 6. The highest BCUT2D eigenvalue weighted by atomic mass is 127. The highest BCUT2D eigenvalue weighted by Gasteiger charge is 2.18. The van der Waals surface area contributed by atoms with Gasteiger partial charge in [0, 0.05) is 70.8 Å². The van der Waals surface area contributed by atoms with E-state index in [9.17, 15) is 0 Å². The molecule has 1 saturated heterocycles. The van der Waals surface area contributed by atoms with Gasteiger partial charge in [-0.3, -0.25) is 9.89 Å². The quantitative estimate of drug-likeness (QED) is 0.314. The number of aliphatic imine (C=N–C) groups is 1. The molecule has 0 bridgehead atoms. The Labute approximate surface area is 202 Å². The summed E-state index contributed by atoms with van der Waals surface area (Å²) < 4.78 is 5.48. The molecule has 2 aromatic rings. The van der Waals surface area contributed by atoms with E-state index in [1.165, 1.54) is 0 Å². The van der Waals surface area contributed by atoms with Crippen molar-refractivity contribution in [3.8, 4) is 5.75 Å². The molecule has 0 unspecified atom stereocenters. The number of rotatable bonds is 8. The first kappa shape index (κ1) is 25.1. The van der Waals surface area contributed by atoms with Crippen LogP contribution in [0.2, 0.25) is 0 Å². The Morgan fingerprint density at radius 3 is 2.52 bits per heavy atom. The van der Waals surface area contributed by atoms with Crippen molar-refractivity contribution < 1.29 is 4.74 Å². The zero-order valence-electron chi connectivity index (χ0n) is 18.7. The second-order valence-electron chi connectivity index (χ2n) is 7.28. The first-order valence-corrected chi connectivity index (χ1v) is 10.6. The van der Waals surface area contributed by atoms with Crippen LogP contribution in [-0.2, 0) is 6.54 Å². The van der Waals surface area contributed by atoms with Gasteiger partial charge in [-0.05, 0) is 19.1 Å². The van der Waals surface area contributed by atoms with E-state index in [-0.39, 0.29) is 24.0 Å². The highest BCUT2D eigenvalue weighted by molar-refractivity contribution is 14.0. The lowest BCUT2D eigenvalue weighted by molar-refractivity contribution is 0.263. The summed E-state index contributed by atoms with van der Waals surface area (Å²) in [7, 11) is 3.77. The molecule has 170 valence electrons. The number of aromatic nitrogens is 2. The molecule has 31 heavy (non-hydrogen) atoms. The predicted octanol–water partition coefficient (Wildman–Crippen LogP) is 2.32. The lowest BCUT2D eigenvalue weighted by Gasteiger charge is -2.34. The van der Waals surface area contributed by atoms with Crippen LogP contribution >= 0.6 is 24.0 Å². The van der Waals surface area contributed by atoms with Crippen molar-refractivity contribution in [3.05, 3.63) is 48.3 Å². The molecule has 0 atom stereocenters. The Balaban J connectivity index is 0.00000341. The Morgan fingerprint density at radius 1 is 1.13 bits per heavy atom. The van der Waals surface area contributed by atoms with Gasteiger partial charge in [-0.1, -0.05) is 18.2 Å². The van der Waals surface area contributed by atoms with Crippen LogP contribution in [-0.4, -0.2) is 85.7 Å². The normalized spacial score (nSPS) is 14.7. The largest absolute Gasteiger partial charge is 0.496 e. The molecule has 3 rings (SSSR count). The van der Waals surface area contributed by atoms with Gasteiger partial charge in [-0.25, -0.2) is 9.97 Å². The van der Waals surface area contributed by atoms with Crippen LogP contribution < -0.4 is 15.0 Å². The lowest BCUT2D eigenvalue weighted by Crippen LogP contribution is -2.47. The lowest BCUT2D eigenvalue weighted by atomic mass is 10.2. The van der Waals surface area contributed by atoms with Gasteiger partial charge < -0.3 is 19.9 Å². The first-order chi connectivity index (χ1) is 14.7. The van der Waals surface area contributed by atoms with E-state index in [0.717, 1.165) is 75.6 Å². The number of nitrogens with one attached hydrogen (secondary N) is 1. The summed E-state index contributed by atoms with van der Waals surface area (Å²) in [6, 6.07) is 9.97. The van der Waals surface area contributed by atoms with Crippen molar-refractivity contribution in [2.75, 3.05) is 64.9 Å². The molecular formula is C22H34IN7O. The summed E-state index contributed by atoms with van der Waals surface area (Å²) in [6.07, 6.45) is 3.60. The van der Waals surface area contributed by atoms with Crippen LogP contribution in [0.15, 0.2) is 47.7 Å². The topological polar surface area (TPSA) is 69.1 Å². The molecule has 2 heterocycles. The molecule has 1 aromatic heterocycles. The maximum absolute atomic E-state index is 5.48. The van der Waals surface area contributed by atoms with Crippen LogP contribution in [0, 0.1) is 0 Å². The number of anilines is 1. The maximum Gasteiger partial charge on any atom is 0.225 e. The maximum atomic E-state index is 5.48. The van der Waals surface area contributed by atoms with Crippen LogP contribution in [0.4, 0.5) is 5.95 Å². The van der Waals surface area contributed by atoms with E-state index in [4.69, 9.17) is 9.73 Å². The van der Waals surface area contributed by atoms with Crippen molar-refractivity contribution in [1.82, 2.24) is 25.1 Å². The summed E-state index contributed by atoms with van der Waals surface area (Å²) >= 11 is 0. The second-order valence-corrected chi connectivity index (χ2v) is 7.28. The van der Waals surface area contributed by atoms with Gasteiger partial charge >= 0.3 is 0 Å². The van der Waals surface area contributed by atoms with Crippen LogP contribution in [0.1, 0.15) is 12.5 Å². The summed E-state index contributed by atoms with van der Waals surface area (Å²) in [5, 5.41) is 3.40. The van der Waals surface area contributed by atoms with Gasteiger partial charge in [0.25, 0.3) is 0 Å². The zero-order valence-corrected chi connectivity index (χ0v) is 21.0. The summed E-state index contributed by atoms with van der Waals surface area (Å²) in [5.41, 5.74) is 1.15. The van der Waals surface area contributed by atoms with E-state index >= 15 is 0 Å². The zero-order chi connectivity index (χ0) is 21.2. The van der Waals surface area contributed by atoms with E-state index in [1.54, 1.807) is 19.5 Å². The first-order valence-electron chi connectivity index (χ1n) is 10.6. The molecule has 1 aromatic carbocycles. The van der Waals surface area contributed by atoms with Crippen molar-refractivity contribution in [2.45, 2.75) is 13.5 Å². The molecule has 0 aliphatic carbocycles. The molecule has 1 aliphatic rings. The number of ether oxygens (including phenoxy) is 1. The molecule has 1 N–H and O–H groups in total. The van der Waals surface area contributed by atoms with Gasteiger partial charge in [0.15, 0.2) is 5.96 Å². The van der Waals surface area contributed by atoms with Gasteiger partial charge in [-0.2, -0.15) is 0 Å². The van der Waals surface area contributed by atoms with E-state index in [2.05, 4.69) is 50.0 Å². The number of hydrogen-bond donors (Lipinski definition) is 1. The fourth-order valence-electron chi connectivity index (χ4n) is 3.56. The predicted molar refractivity (Wildman–Crippen MR) is 137 cm³/mol. The van der Waals surface area contributed by atoms with Gasteiger partial charge in [0.2, 0.25) is 5.95 Å². The third-order valence-corrected chi connectivity index (χ3v) is 5.18. The molecule has 1 fully saturated rings. The average molecular weight is 539 g/mol. The Morgan fingerprint density at radius 2 is 1.84 bits per heavy atom. The SMILES string of the molecule is CCNC(=NCCN1CCN(c2ncccn2)CC1)N(C)Cc1ccccc1OC.I. The summed E-state index contributed by atoms with van der Waals surface area (Å²) in [4.78, 5) is 20.4. The minimum atomic E-state index is 0. The van der Waals surface area contributed by atoms with E-state index in [1.807, 2.05) is 24.3 Å². The van der Waals surface area contributed by atoms with Crippen molar-refractivity contribution in [1.29, 1.82) is 0 Å². The van der Waals surface area contributed by atoms with Gasteiger partial charge in [0.1, 0.15) is 5.75 Å². The molecule has 9 heteroatoms. The Kier molecular flexibility index (Phi) is 10.8. The molecule has 0 amide bonds. The van der Waals surface area contributed by atoms with E-state index < -0.39 is 0 Å². The van der Waals surface area contributed by atoms with Gasteiger partial charge in [0.05, 0.1) is 13.7 Å². The number of halogens is 1. The average Bonchev–Trinajstić information content (AvgIpc) is 2.80. The minimum absolute atomic E-state index is 0. The number of guanidine groups is 1. The summed E-state index contributed by atoms with van der Waals surface area (Å²) in [6.45, 7) is 9.28. The second kappa shape index (κ2) is 13.3.